The molecule has 28 heavy (non-hydrogen) atoms. The van der Waals surface area contributed by atoms with Gasteiger partial charge in [0.05, 0.1) is 19.3 Å². The van der Waals surface area contributed by atoms with Crippen LogP contribution in [0.3, 0.4) is 0 Å². The Morgan fingerprint density at radius 1 is 1.07 bits per heavy atom. The number of nitrogens with zero attached hydrogens (tertiary/aromatic N) is 4. The van der Waals surface area contributed by atoms with E-state index in [4.69, 9.17) is 4.74 Å². The third-order valence-corrected chi connectivity index (χ3v) is 5.91. The van der Waals surface area contributed by atoms with Crippen LogP contribution < -0.4 is 10.2 Å². The third-order valence-electron chi connectivity index (χ3n) is 5.91. The van der Waals surface area contributed by atoms with Crippen molar-refractivity contribution in [3.63, 3.8) is 0 Å². The van der Waals surface area contributed by atoms with Crippen molar-refractivity contribution in [2.45, 2.75) is 25.8 Å². The van der Waals surface area contributed by atoms with Gasteiger partial charge in [-0.3, -0.25) is 4.90 Å². The van der Waals surface area contributed by atoms with E-state index in [2.05, 4.69) is 68.4 Å². The van der Waals surface area contributed by atoms with Crippen LogP contribution in [0.1, 0.15) is 31.4 Å². The van der Waals surface area contributed by atoms with E-state index in [1.54, 1.807) is 6.33 Å². The average molecular weight is 382 g/mol. The molecule has 4 rings (SSSR count). The standard InChI is InChI=1S/C22H31N5O/c1-18-7-9-26(10-8-18)20(19-5-3-2-4-6-19)16-23-21-15-22(25-17-24-21)27-11-13-28-14-12-27/h2-6,15,17-18,20H,7-14,16H2,1H3,(H,23,24,25). The Hall–Kier alpha value is -2.18. The number of anilines is 2. The van der Waals surface area contributed by atoms with Crippen molar-refractivity contribution in [1.82, 2.24) is 14.9 Å². The van der Waals surface area contributed by atoms with Gasteiger partial charge in [0, 0.05) is 25.7 Å². The molecule has 3 heterocycles. The van der Waals surface area contributed by atoms with Gasteiger partial charge in [-0.15, -0.1) is 0 Å². The first-order chi connectivity index (χ1) is 13.8. The molecule has 1 aromatic carbocycles. The Kier molecular flexibility index (Phi) is 6.39. The molecule has 1 unspecified atom stereocenters. The number of ether oxygens (including phenoxy) is 1. The molecule has 6 heteroatoms. The zero-order valence-electron chi connectivity index (χ0n) is 16.8. The summed E-state index contributed by atoms with van der Waals surface area (Å²) in [4.78, 5) is 13.8. The lowest BCUT2D eigenvalue weighted by atomic mass is 9.95. The number of hydrogen-bond donors (Lipinski definition) is 1. The molecule has 0 spiro atoms. The van der Waals surface area contributed by atoms with Gasteiger partial charge in [-0.2, -0.15) is 0 Å². The van der Waals surface area contributed by atoms with E-state index in [0.717, 1.165) is 63.5 Å². The molecule has 0 radical (unpaired) electrons. The summed E-state index contributed by atoms with van der Waals surface area (Å²) < 4.78 is 5.45. The van der Waals surface area contributed by atoms with E-state index >= 15 is 0 Å². The molecule has 2 saturated heterocycles. The highest BCUT2D eigenvalue weighted by molar-refractivity contribution is 5.48. The predicted octanol–water partition coefficient (Wildman–Crippen LogP) is 3.20. The second-order valence-electron chi connectivity index (χ2n) is 7.89. The highest BCUT2D eigenvalue weighted by Gasteiger charge is 2.24. The minimum atomic E-state index is 0.357. The summed E-state index contributed by atoms with van der Waals surface area (Å²) >= 11 is 0. The van der Waals surface area contributed by atoms with Crippen LogP contribution in [0.15, 0.2) is 42.7 Å². The normalized spacial score (nSPS) is 20.1. The van der Waals surface area contributed by atoms with Gasteiger partial charge in [-0.25, -0.2) is 9.97 Å². The van der Waals surface area contributed by atoms with Gasteiger partial charge < -0.3 is 15.0 Å². The molecule has 1 atom stereocenters. The molecule has 2 aliphatic rings. The van der Waals surface area contributed by atoms with E-state index in [9.17, 15) is 0 Å². The Morgan fingerprint density at radius 2 is 1.82 bits per heavy atom. The van der Waals surface area contributed by atoms with Gasteiger partial charge in [0.2, 0.25) is 0 Å². The number of likely N-dealkylation sites (tertiary alicyclic amines) is 1. The molecule has 2 aliphatic heterocycles. The molecule has 150 valence electrons. The number of nitrogens with one attached hydrogen (secondary N) is 1. The van der Waals surface area contributed by atoms with Gasteiger partial charge in [-0.1, -0.05) is 37.3 Å². The summed E-state index contributed by atoms with van der Waals surface area (Å²) in [5.74, 6) is 2.70. The van der Waals surface area contributed by atoms with Crippen molar-refractivity contribution in [1.29, 1.82) is 0 Å². The first-order valence-corrected chi connectivity index (χ1v) is 10.5. The molecule has 1 aromatic heterocycles. The third kappa shape index (κ3) is 4.80. The summed E-state index contributed by atoms with van der Waals surface area (Å²) in [6.45, 7) is 8.81. The number of benzene rings is 1. The van der Waals surface area contributed by atoms with E-state index in [-0.39, 0.29) is 0 Å². The molecule has 2 fully saturated rings. The quantitative estimate of drug-likeness (QED) is 0.829. The molecule has 0 amide bonds. The molecule has 0 saturated carbocycles. The Balaban J connectivity index is 1.45. The van der Waals surface area contributed by atoms with Crippen LogP contribution in [0.5, 0.6) is 0 Å². The minimum absolute atomic E-state index is 0.357. The Morgan fingerprint density at radius 3 is 2.57 bits per heavy atom. The van der Waals surface area contributed by atoms with E-state index in [1.165, 1.54) is 18.4 Å². The van der Waals surface area contributed by atoms with Gasteiger partial charge in [0.1, 0.15) is 18.0 Å². The summed E-state index contributed by atoms with van der Waals surface area (Å²) in [5, 5.41) is 3.58. The fraction of sp³-hybridized carbons (Fsp3) is 0.545. The molecular formula is C22H31N5O. The lowest BCUT2D eigenvalue weighted by molar-refractivity contribution is 0.122. The van der Waals surface area contributed by atoms with Crippen molar-refractivity contribution in [2.75, 3.05) is 56.2 Å². The van der Waals surface area contributed by atoms with Crippen molar-refractivity contribution in [3.8, 4) is 0 Å². The molecule has 0 aliphatic carbocycles. The van der Waals surface area contributed by atoms with Crippen molar-refractivity contribution >= 4 is 11.6 Å². The van der Waals surface area contributed by atoms with Gasteiger partial charge in [-0.05, 0) is 37.4 Å². The van der Waals surface area contributed by atoms with Crippen molar-refractivity contribution in [3.05, 3.63) is 48.3 Å². The molecule has 2 aromatic rings. The molecule has 1 N–H and O–H groups in total. The van der Waals surface area contributed by atoms with Crippen LogP contribution in [0.4, 0.5) is 11.6 Å². The summed E-state index contributed by atoms with van der Waals surface area (Å²) in [5.41, 5.74) is 1.37. The van der Waals surface area contributed by atoms with Gasteiger partial charge >= 0.3 is 0 Å². The van der Waals surface area contributed by atoms with E-state index in [0.29, 0.717) is 6.04 Å². The minimum Gasteiger partial charge on any atom is -0.378 e. The summed E-state index contributed by atoms with van der Waals surface area (Å²) in [6, 6.07) is 13.3. The fourth-order valence-corrected chi connectivity index (χ4v) is 4.08. The highest BCUT2D eigenvalue weighted by Crippen LogP contribution is 2.27. The summed E-state index contributed by atoms with van der Waals surface area (Å²) in [6.07, 6.45) is 4.21. The summed E-state index contributed by atoms with van der Waals surface area (Å²) in [7, 11) is 0. The molecule has 0 bridgehead atoms. The Labute approximate surface area is 167 Å². The van der Waals surface area contributed by atoms with Crippen LogP contribution in [-0.2, 0) is 4.74 Å². The number of aromatic nitrogens is 2. The largest absolute Gasteiger partial charge is 0.378 e. The monoisotopic (exact) mass is 381 g/mol. The maximum absolute atomic E-state index is 5.45. The van der Waals surface area contributed by atoms with Gasteiger partial charge in [0.15, 0.2) is 0 Å². The SMILES string of the molecule is CC1CCN(C(CNc2cc(N3CCOCC3)ncn2)c2ccccc2)CC1. The Bertz CT molecular complexity index is 727. The van der Waals surface area contributed by atoms with Gasteiger partial charge in [0.25, 0.3) is 0 Å². The van der Waals surface area contributed by atoms with Crippen LogP contribution in [0.2, 0.25) is 0 Å². The zero-order valence-corrected chi connectivity index (χ0v) is 16.8. The predicted molar refractivity (Wildman–Crippen MR) is 113 cm³/mol. The van der Waals surface area contributed by atoms with E-state index in [1.807, 2.05) is 0 Å². The van der Waals surface area contributed by atoms with Crippen molar-refractivity contribution < 1.29 is 4.74 Å². The van der Waals surface area contributed by atoms with Crippen LogP contribution >= 0.6 is 0 Å². The maximum atomic E-state index is 5.45. The smallest absolute Gasteiger partial charge is 0.134 e. The van der Waals surface area contributed by atoms with Crippen molar-refractivity contribution in [2.24, 2.45) is 5.92 Å². The number of rotatable bonds is 6. The van der Waals surface area contributed by atoms with Crippen LogP contribution in [0, 0.1) is 5.92 Å². The van der Waals surface area contributed by atoms with Crippen LogP contribution in [-0.4, -0.2) is 60.8 Å². The first-order valence-electron chi connectivity index (χ1n) is 10.5. The topological polar surface area (TPSA) is 53.5 Å². The number of morpholine rings is 1. The molecule has 6 nitrogen and oxygen atoms in total. The number of hydrogen-bond acceptors (Lipinski definition) is 6. The van der Waals surface area contributed by atoms with Crippen LogP contribution in [0.25, 0.3) is 0 Å². The van der Waals surface area contributed by atoms with E-state index < -0.39 is 0 Å². The zero-order chi connectivity index (χ0) is 19.2. The lowest BCUT2D eigenvalue weighted by Crippen LogP contribution is -2.39. The fourth-order valence-electron chi connectivity index (χ4n) is 4.08. The number of piperidine rings is 1. The lowest BCUT2D eigenvalue weighted by Gasteiger charge is -2.37. The maximum Gasteiger partial charge on any atom is 0.134 e. The highest BCUT2D eigenvalue weighted by atomic mass is 16.5. The first kappa shape index (κ1) is 19.2. The average Bonchev–Trinajstić information content (AvgIpc) is 2.77. The second-order valence-corrected chi connectivity index (χ2v) is 7.89. The molecular weight excluding hydrogens is 350 g/mol. The second kappa shape index (κ2) is 9.34.